The summed E-state index contributed by atoms with van der Waals surface area (Å²) in [5, 5.41) is 9.05. The Bertz CT molecular complexity index is 401. The van der Waals surface area contributed by atoms with Crippen molar-refractivity contribution in [2.24, 2.45) is 0 Å². The highest BCUT2D eigenvalue weighted by molar-refractivity contribution is 5.76. The van der Waals surface area contributed by atoms with E-state index in [0.717, 1.165) is 0 Å². The lowest BCUT2D eigenvalue weighted by molar-refractivity contribution is -0.140. The molecular formula is C11H12O5. The van der Waals surface area contributed by atoms with Crippen LogP contribution in [0, 0.1) is 0 Å². The Kier molecular flexibility index (Phi) is 2.96. The number of carboxylic acids is 1. The SMILES string of the molecule is COCC(C(=O)O)c1ccc2c(c1)OCO2. The number of ether oxygens (including phenoxy) is 3. The Balaban J connectivity index is 2.28. The molecule has 1 N–H and O–H groups in total. The van der Waals surface area contributed by atoms with Crippen LogP contribution in [-0.4, -0.2) is 31.6 Å². The second kappa shape index (κ2) is 4.40. The maximum atomic E-state index is 11.0. The molecule has 1 aromatic carbocycles. The molecule has 1 atom stereocenters. The lowest BCUT2D eigenvalue weighted by Gasteiger charge is -2.11. The maximum Gasteiger partial charge on any atom is 0.313 e. The lowest BCUT2D eigenvalue weighted by Crippen LogP contribution is -2.16. The number of rotatable bonds is 4. The van der Waals surface area contributed by atoms with Gasteiger partial charge in [0.25, 0.3) is 0 Å². The number of hydrogen-bond donors (Lipinski definition) is 1. The van der Waals surface area contributed by atoms with Crippen LogP contribution in [0.1, 0.15) is 11.5 Å². The Morgan fingerprint density at radius 2 is 2.25 bits per heavy atom. The van der Waals surface area contributed by atoms with Gasteiger partial charge in [0.15, 0.2) is 11.5 Å². The molecule has 86 valence electrons. The number of hydrogen-bond acceptors (Lipinski definition) is 4. The predicted molar refractivity (Wildman–Crippen MR) is 54.8 cm³/mol. The van der Waals surface area contributed by atoms with Crippen molar-refractivity contribution in [2.75, 3.05) is 20.5 Å². The summed E-state index contributed by atoms with van der Waals surface area (Å²) in [6, 6.07) is 5.11. The van der Waals surface area contributed by atoms with Gasteiger partial charge in [-0.15, -0.1) is 0 Å². The first-order chi connectivity index (χ1) is 7.72. The van der Waals surface area contributed by atoms with E-state index in [2.05, 4.69) is 0 Å². The zero-order valence-electron chi connectivity index (χ0n) is 8.80. The first-order valence-corrected chi connectivity index (χ1v) is 4.83. The molecule has 0 amide bonds. The van der Waals surface area contributed by atoms with Gasteiger partial charge in [-0.25, -0.2) is 0 Å². The van der Waals surface area contributed by atoms with Crippen LogP contribution in [-0.2, 0) is 9.53 Å². The van der Waals surface area contributed by atoms with E-state index in [1.807, 2.05) is 0 Å². The van der Waals surface area contributed by atoms with Crippen LogP contribution in [0.5, 0.6) is 11.5 Å². The van der Waals surface area contributed by atoms with Crippen LogP contribution >= 0.6 is 0 Å². The highest BCUT2D eigenvalue weighted by Gasteiger charge is 2.22. The fourth-order valence-corrected chi connectivity index (χ4v) is 1.61. The summed E-state index contributed by atoms with van der Waals surface area (Å²) in [5.41, 5.74) is 0.651. The monoisotopic (exact) mass is 224 g/mol. The highest BCUT2D eigenvalue weighted by Crippen LogP contribution is 2.34. The van der Waals surface area contributed by atoms with Crippen LogP contribution in [0.15, 0.2) is 18.2 Å². The molecule has 2 rings (SSSR count). The van der Waals surface area contributed by atoms with Crippen molar-refractivity contribution in [1.82, 2.24) is 0 Å². The number of methoxy groups -OCH3 is 1. The normalized spacial score (nSPS) is 14.8. The molecule has 0 saturated heterocycles. The Morgan fingerprint density at radius 1 is 1.50 bits per heavy atom. The van der Waals surface area contributed by atoms with Gasteiger partial charge >= 0.3 is 5.97 Å². The molecule has 1 aliphatic heterocycles. The summed E-state index contributed by atoms with van der Waals surface area (Å²) in [7, 11) is 1.48. The fraction of sp³-hybridized carbons (Fsp3) is 0.364. The quantitative estimate of drug-likeness (QED) is 0.833. The molecule has 16 heavy (non-hydrogen) atoms. The minimum atomic E-state index is -0.916. The summed E-state index contributed by atoms with van der Waals surface area (Å²) in [5.74, 6) is -0.370. The summed E-state index contributed by atoms with van der Waals surface area (Å²) >= 11 is 0. The third kappa shape index (κ3) is 1.94. The summed E-state index contributed by atoms with van der Waals surface area (Å²) in [6.45, 7) is 0.315. The maximum absolute atomic E-state index is 11.0. The van der Waals surface area contributed by atoms with Crippen molar-refractivity contribution in [3.05, 3.63) is 23.8 Å². The molecule has 0 radical (unpaired) electrons. The van der Waals surface area contributed by atoms with E-state index in [9.17, 15) is 4.79 Å². The van der Waals surface area contributed by atoms with Crippen molar-refractivity contribution in [3.63, 3.8) is 0 Å². The first-order valence-electron chi connectivity index (χ1n) is 4.83. The number of benzene rings is 1. The van der Waals surface area contributed by atoms with E-state index < -0.39 is 11.9 Å². The summed E-state index contributed by atoms with van der Waals surface area (Å²) in [6.07, 6.45) is 0. The van der Waals surface area contributed by atoms with Gasteiger partial charge in [0.05, 0.1) is 6.61 Å². The van der Waals surface area contributed by atoms with E-state index in [0.29, 0.717) is 17.1 Å². The van der Waals surface area contributed by atoms with Gasteiger partial charge in [-0.2, -0.15) is 0 Å². The van der Waals surface area contributed by atoms with Crippen molar-refractivity contribution >= 4 is 5.97 Å². The standard InChI is InChI=1S/C11H12O5/c1-14-5-8(11(12)13)7-2-3-9-10(4-7)16-6-15-9/h2-4,8H,5-6H2,1H3,(H,12,13). The van der Waals surface area contributed by atoms with Gasteiger partial charge in [-0.1, -0.05) is 6.07 Å². The molecule has 1 unspecified atom stereocenters. The van der Waals surface area contributed by atoms with Gasteiger partial charge in [-0.3, -0.25) is 4.79 Å². The molecule has 0 spiro atoms. The molecule has 0 aliphatic carbocycles. The predicted octanol–water partition coefficient (Wildman–Crippen LogP) is 1.23. The van der Waals surface area contributed by atoms with Gasteiger partial charge in [-0.05, 0) is 17.7 Å². The smallest absolute Gasteiger partial charge is 0.313 e. The highest BCUT2D eigenvalue weighted by atomic mass is 16.7. The Morgan fingerprint density at radius 3 is 2.94 bits per heavy atom. The largest absolute Gasteiger partial charge is 0.481 e. The average molecular weight is 224 g/mol. The first kappa shape index (κ1) is 10.8. The number of aliphatic carboxylic acids is 1. The molecule has 5 nitrogen and oxygen atoms in total. The van der Waals surface area contributed by atoms with Crippen LogP contribution in [0.2, 0.25) is 0 Å². The Hall–Kier alpha value is -1.75. The fourth-order valence-electron chi connectivity index (χ4n) is 1.61. The van der Waals surface area contributed by atoms with Crippen LogP contribution < -0.4 is 9.47 Å². The summed E-state index contributed by atoms with van der Waals surface area (Å²) < 4.78 is 15.2. The van der Waals surface area contributed by atoms with Crippen molar-refractivity contribution < 1.29 is 24.1 Å². The lowest BCUT2D eigenvalue weighted by atomic mass is 10.00. The molecule has 5 heteroatoms. The molecule has 1 aromatic rings. The number of fused-ring (bicyclic) bond motifs is 1. The van der Waals surface area contributed by atoms with Crippen LogP contribution in [0.3, 0.4) is 0 Å². The third-order valence-corrected chi connectivity index (χ3v) is 2.43. The van der Waals surface area contributed by atoms with Crippen molar-refractivity contribution in [2.45, 2.75) is 5.92 Å². The van der Waals surface area contributed by atoms with E-state index in [4.69, 9.17) is 19.3 Å². The van der Waals surface area contributed by atoms with E-state index in [1.165, 1.54) is 7.11 Å². The van der Waals surface area contributed by atoms with Gasteiger partial charge in [0.2, 0.25) is 6.79 Å². The molecular weight excluding hydrogens is 212 g/mol. The second-order valence-corrected chi connectivity index (χ2v) is 3.46. The van der Waals surface area contributed by atoms with E-state index >= 15 is 0 Å². The molecule has 1 heterocycles. The van der Waals surface area contributed by atoms with Crippen molar-refractivity contribution in [1.29, 1.82) is 0 Å². The van der Waals surface area contributed by atoms with E-state index in [1.54, 1.807) is 18.2 Å². The number of carboxylic acid groups (broad SMARTS) is 1. The molecule has 0 saturated carbocycles. The molecule has 0 bridgehead atoms. The topological polar surface area (TPSA) is 65.0 Å². The molecule has 0 fully saturated rings. The van der Waals surface area contributed by atoms with E-state index in [-0.39, 0.29) is 13.4 Å². The molecule has 0 aromatic heterocycles. The third-order valence-electron chi connectivity index (χ3n) is 2.43. The van der Waals surface area contributed by atoms with Gasteiger partial charge in [0, 0.05) is 7.11 Å². The zero-order chi connectivity index (χ0) is 11.5. The minimum Gasteiger partial charge on any atom is -0.481 e. The van der Waals surface area contributed by atoms with Gasteiger partial charge < -0.3 is 19.3 Å². The second-order valence-electron chi connectivity index (χ2n) is 3.46. The zero-order valence-corrected chi connectivity index (χ0v) is 8.80. The summed E-state index contributed by atoms with van der Waals surface area (Å²) in [4.78, 5) is 11.0. The minimum absolute atomic E-state index is 0.134. The van der Waals surface area contributed by atoms with Crippen LogP contribution in [0.4, 0.5) is 0 Å². The Labute approximate surface area is 92.5 Å². The van der Waals surface area contributed by atoms with Crippen molar-refractivity contribution in [3.8, 4) is 11.5 Å². The van der Waals surface area contributed by atoms with Gasteiger partial charge in [0.1, 0.15) is 5.92 Å². The molecule has 1 aliphatic rings. The number of carbonyl (C=O) groups is 1. The average Bonchev–Trinajstić information content (AvgIpc) is 2.72. The van der Waals surface area contributed by atoms with Crippen LogP contribution in [0.25, 0.3) is 0 Å².